The summed E-state index contributed by atoms with van der Waals surface area (Å²) in [6, 6.07) is 6.03. The van der Waals surface area contributed by atoms with E-state index in [2.05, 4.69) is 20.9 Å². The molecule has 0 saturated carbocycles. The van der Waals surface area contributed by atoms with Crippen LogP contribution in [0.5, 0.6) is 5.75 Å². The summed E-state index contributed by atoms with van der Waals surface area (Å²) < 4.78 is 18.7. The highest BCUT2D eigenvalue weighted by atomic mass is 19.1. The highest BCUT2D eigenvalue weighted by molar-refractivity contribution is 5.79. The van der Waals surface area contributed by atoms with Crippen molar-refractivity contribution >= 4 is 11.9 Å². The van der Waals surface area contributed by atoms with E-state index in [-0.39, 0.29) is 17.8 Å². The van der Waals surface area contributed by atoms with E-state index in [1.165, 1.54) is 19.1 Å². The van der Waals surface area contributed by atoms with E-state index >= 15 is 0 Å². The standard InChI is InChI=1S/C16H25FN4O2/c1-4-18-16(20-9-8-19-13(3)22)21-11-12(2)23-15-7-5-6-14(17)10-15/h5-7,10,12H,4,8-9,11H2,1-3H3,(H,19,22)(H2,18,20,21). The van der Waals surface area contributed by atoms with Crippen molar-refractivity contribution in [1.29, 1.82) is 0 Å². The van der Waals surface area contributed by atoms with Crippen molar-refractivity contribution in [1.82, 2.24) is 16.0 Å². The Morgan fingerprint density at radius 1 is 1.30 bits per heavy atom. The average molecular weight is 324 g/mol. The second-order valence-electron chi connectivity index (χ2n) is 5.02. The first-order chi connectivity index (χ1) is 11.0. The van der Waals surface area contributed by atoms with Gasteiger partial charge < -0.3 is 20.7 Å². The lowest BCUT2D eigenvalue weighted by Crippen LogP contribution is -2.41. The minimum atomic E-state index is -0.328. The predicted octanol–water partition coefficient (Wildman–Crippen LogP) is 1.28. The molecule has 0 aliphatic rings. The Labute approximate surface area is 136 Å². The molecule has 0 radical (unpaired) electrons. The van der Waals surface area contributed by atoms with Gasteiger partial charge in [0.15, 0.2) is 5.96 Å². The number of hydrogen-bond donors (Lipinski definition) is 3. The molecular formula is C16H25FN4O2. The Kier molecular flexibility index (Phi) is 8.49. The number of hydrogen-bond acceptors (Lipinski definition) is 3. The molecule has 7 heteroatoms. The molecule has 0 heterocycles. The van der Waals surface area contributed by atoms with E-state index in [1.54, 1.807) is 12.1 Å². The van der Waals surface area contributed by atoms with Gasteiger partial charge in [0.2, 0.25) is 5.91 Å². The van der Waals surface area contributed by atoms with Crippen LogP contribution in [0.25, 0.3) is 0 Å². The molecule has 0 bridgehead atoms. The van der Waals surface area contributed by atoms with Gasteiger partial charge >= 0.3 is 0 Å². The monoisotopic (exact) mass is 324 g/mol. The number of halogens is 1. The van der Waals surface area contributed by atoms with Crippen molar-refractivity contribution in [3.8, 4) is 5.75 Å². The van der Waals surface area contributed by atoms with E-state index in [0.29, 0.717) is 31.3 Å². The molecule has 23 heavy (non-hydrogen) atoms. The Morgan fingerprint density at radius 3 is 2.70 bits per heavy atom. The van der Waals surface area contributed by atoms with Crippen molar-refractivity contribution in [2.75, 3.05) is 26.2 Å². The normalized spacial score (nSPS) is 12.4. The summed E-state index contributed by atoms with van der Waals surface area (Å²) in [6.45, 7) is 7.56. The Hall–Kier alpha value is -2.31. The molecule has 128 valence electrons. The number of nitrogens with one attached hydrogen (secondary N) is 3. The molecular weight excluding hydrogens is 299 g/mol. The summed E-state index contributed by atoms with van der Waals surface area (Å²) in [5.41, 5.74) is 0. The van der Waals surface area contributed by atoms with Crippen LogP contribution in [0.4, 0.5) is 4.39 Å². The van der Waals surface area contributed by atoms with Gasteiger partial charge in [-0.3, -0.25) is 4.79 Å². The Morgan fingerprint density at radius 2 is 2.04 bits per heavy atom. The number of rotatable bonds is 8. The number of amides is 1. The van der Waals surface area contributed by atoms with Crippen LogP contribution in [0.2, 0.25) is 0 Å². The molecule has 0 saturated heterocycles. The van der Waals surface area contributed by atoms with Gasteiger partial charge in [0.05, 0.1) is 6.54 Å². The molecule has 3 N–H and O–H groups in total. The first-order valence-corrected chi connectivity index (χ1v) is 7.70. The molecule has 0 fully saturated rings. The number of carbonyl (C=O) groups is 1. The van der Waals surface area contributed by atoms with Gasteiger partial charge in [-0.25, -0.2) is 9.38 Å². The van der Waals surface area contributed by atoms with Crippen molar-refractivity contribution in [2.24, 2.45) is 4.99 Å². The van der Waals surface area contributed by atoms with E-state index < -0.39 is 0 Å². The molecule has 0 aromatic heterocycles. The number of aliphatic imine (C=N–C) groups is 1. The third kappa shape index (κ3) is 8.65. The fraction of sp³-hybridized carbons (Fsp3) is 0.500. The van der Waals surface area contributed by atoms with Crippen LogP contribution in [-0.4, -0.2) is 44.1 Å². The summed E-state index contributed by atoms with van der Waals surface area (Å²) in [5, 5.41) is 8.92. The molecule has 1 rings (SSSR count). The van der Waals surface area contributed by atoms with Gasteiger partial charge in [0.25, 0.3) is 0 Å². The summed E-state index contributed by atoms with van der Waals surface area (Å²) in [7, 11) is 0. The van der Waals surface area contributed by atoms with Crippen LogP contribution in [0.1, 0.15) is 20.8 Å². The third-order valence-corrected chi connectivity index (χ3v) is 2.78. The largest absolute Gasteiger partial charge is 0.489 e. The predicted molar refractivity (Wildman–Crippen MR) is 89.2 cm³/mol. The molecule has 1 amide bonds. The van der Waals surface area contributed by atoms with E-state index in [0.717, 1.165) is 6.54 Å². The second-order valence-corrected chi connectivity index (χ2v) is 5.02. The average Bonchev–Trinajstić information content (AvgIpc) is 2.48. The van der Waals surface area contributed by atoms with Crippen LogP contribution in [0, 0.1) is 5.82 Å². The van der Waals surface area contributed by atoms with Gasteiger partial charge in [0.1, 0.15) is 17.7 Å². The lowest BCUT2D eigenvalue weighted by Gasteiger charge is -2.15. The van der Waals surface area contributed by atoms with Crippen molar-refractivity contribution < 1.29 is 13.9 Å². The van der Waals surface area contributed by atoms with E-state index in [4.69, 9.17) is 4.74 Å². The smallest absolute Gasteiger partial charge is 0.216 e. The van der Waals surface area contributed by atoms with Crippen LogP contribution in [0.3, 0.4) is 0 Å². The van der Waals surface area contributed by atoms with Crippen LogP contribution in [-0.2, 0) is 4.79 Å². The first-order valence-electron chi connectivity index (χ1n) is 7.70. The summed E-state index contributed by atoms with van der Waals surface area (Å²) >= 11 is 0. The van der Waals surface area contributed by atoms with Gasteiger partial charge in [-0.2, -0.15) is 0 Å². The highest BCUT2D eigenvalue weighted by Gasteiger charge is 2.05. The second kappa shape index (κ2) is 10.4. The molecule has 1 aromatic carbocycles. The zero-order valence-electron chi connectivity index (χ0n) is 13.9. The van der Waals surface area contributed by atoms with Gasteiger partial charge in [-0.1, -0.05) is 6.07 Å². The molecule has 1 atom stereocenters. The minimum Gasteiger partial charge on any atom is -0.489 e. The van der Waals surface area contributed by atoms with Crippen LogP contribution < -0.4 is 20.7 Å². The molecule has 1 unspecified atom stereocenters. The van der Waals surface area contributed by atoms with Crippen molar-refractivity contribution in [2.45, 2.75) is 26.9 Å². The SMILES string of the molecule is CCNC(=NCC(C)Oc1cccc(F)c1)NCCNC(C)=O. The third-order valence-electron chi connectivity index (χ3n) is 2.78. The van der Waals surface area contributed by atoms with Gasteiger partial charge in [0, 0.05) is 32.6 Å². The quantitative estimate of drug-likeness (QED) is 0.383. The Bertz CT molecular complexity index is 523. The number of ether oxygens (including phenoxy) is 1. The molecule has 0 spiro atoms. The summed E-state index contributed by atoms with van der Waals surface area (Å²) in [5.74, 6) is 0.737. The number of carbonyl (C=O) groups excluding carboxylic acids is 1. The lowest BCUT2D eigenvalue weighted by atomic mass is 10.3. The van der Waals surface area contributed by atoms with Crippen molar-refractivity contribution in [3.63, 3.8) is 0 Å². The zero-order chi connectivity index (χ0) is 17.1. The fourth-order valence-corrected chi connectivity index (χ4v) is 1.79. The topological polar surface area (TPSA) is 74.8 Å². The van der Waals surface area contributed by atoms with E-state index in [9.17, 15) is 9.18 Å². The van der Waals surface area contributed by atoms with Gasteiger partial charge in [-0.05, 0) is 26.0 Å². The van der Waals surface area contributed by atoms with Crippen LogP contribution >= 0.6 is 0 Å². The van der Waals surface area contributed by atoms with Gasteiger partial charge in [-0.15, -0.1) is 0 Å². The van der Waals surface area contributed by atoms with Crippen LogP contribution in [0.15, 0.2) is 29.3 Å². The lowest BCUT2D eigenvalue weighted by molar-refractivity contribution is -0.118. The number of benzene rings is 1. The maximum atomic E-state index is 13.1. The minimum absolute atomic E-state index is 0.0640. The maximum Gasteiger partial charge on any atom is 0.216 e. The molecule has 0 aliphatic carbocycles. The fourth-order valence-electron chi connectivity index (χ4n) is 1.79. The number of nitrogens with zero attached hydrogens (tertiary/aromatic N) is 1. The molecule has 0 aliphatic heterocycles. The summed E-state index contributed by atoms with van der Waals surface area (Å²) in [6.07, 6.45) is -0.192. The maximum absolute atomic E-state index is 13.1. The summed E-state index contributed by atoms with van der Waals surface area (Å²) in [4.78, 5) is 15.2. The molecule has 6 nitrogen and oxygen atoms in total. The Balaban J connectivity index is 2.43. The van der Waals surface area contributed by atoms with Crippen molar-refractivity contribution in [3.05, 3.63) is 30.1 Å². The van der Waals surface area contributed by atoms with E-state index in [1.807, 2.05) is 13.8 Å². The zero-order valence-corrected chi connectivity index (χ0v) is 13.9. The highest BCUT2D eigenvalue weighted by Crippen LogP contribution is 2.13. The number of guanidine groups is 1. The molecule has 1 aromatic rings. The first kappa shape index (κ1) is 18.7.